The highest BCUT2D eigenvalue weighted by atomic mass is 35.5. The predicted molar refractivity (Wildman–Crippen MR) is 111 cm³/mol. The quantitative estimate of drug-likeness (QED) is 0.438. The first-order valence-electron chi connectivity index (χ1n) is 8.58. The van der Waals surface area contributed by atoms with Crippen molar-refractivity contribution in [2.24, 2.45) is 0 Å². The van der Waals surface area contributed by atoms with E-state index in [1.807, 2.05) is 62.4 Å². The molecule has 0 saturated carbocycles. The molecule has 0 aliphatic rings. The molecule has 1 heterocycles. The summed E-state index contributed by atoms with van der Waals surface area (Å²) in [4.78, 5) is 0.268. The Morgan fingerprint density at radius 2 is 1.44 bits per heavy atom. The maximum Gasteiger partial charge on any atom is 0.268 e. The lowest BCUT2D eigenvalue weighted by Gasteiger charge is -2.13. The molecule has 0 unspecified atom stereocenters. The van der Waals surface area contributed by atoms with Crippen molar-refractivity contribution < 1.29 is 8.42 Å². The van der Waals surface area contributed by atoms with E-state index in [9.17, 15) is 8.42 Å². The topological polar surface area (TPSA) is 39.1 Å². The Hall–Kier alpha value is -2.56. The van der Waals surface area contributed by atoms with Crippen molar-refractivity contribution in [3.05, 3.63) is 88.9 Å². The van der Waals surface area contributed by atoms with Gasteiger partial charge in [-0.05, 0) is 55.3 Å². The number of fused-ring (bicyclic) bond motifs is 1. The summed E-state index contributed by atoms with van der Waals surface area (Å²) in [5.41, 5.74) is 4.07. The molecule has 0 radical (unpaired) electrons. The van der Waals surface area contributed by atoms with Gasteiger partial charge in [-0.15, -0.1) is 0 Å². The number of hydrogen-bond donors (Lipinski definition) is 0. The highest BCUT2D eigenvalue weighted by molar-refractivity contribution is 7.90. The molecular formula is C22H18ClNO2S. The lowest BCUT2D eigenvalue weighted by Crippen LogP contribution is -2.14. The first-order chi connectivity index (χ1) is 12.9. The Labute approximate surface area is 163 Å². The summed E-state index contributed by atoms with van der Waals surface area (Å²) in [5, 5.41) is 1.53. The molecule has 1 aromatic heterocycles. The van der Waals surface area contributed by atoms with Crippen LogP contribution in [0.1, 0.15) is 11.1 Å². The fourth-order valence-electron chi connectivity index (χ4n) is 3.37. The highest BCUT2D eigenvalue weighted by Crippen LogP contribution is 2.36. The summed E-state index contributed by atoms with van der Waals surface area (Å²) < 4.78 is 28.6. The van der Waals surface area contributed by atoms with Gasteiger partial charge in [0.2, 0.25) is 0 Å². The molecule has 3 nitrogen and oxygen atoms in total. The zero-order valence-electron chi connectivity index (χ0n) is 15.0. The zero-order chi connectivity index (χ0) is 19.2. The van der Waals surface area contributed by atoms with Gasteiger partial charge in [0.25, 0.3) is 10.0 Å². The second kappa shape index (κ2) is 6.55. The third-order valence-electron chi connectivity index (χ3n) is 4.76. The zero-order valence-corrected chi connectivity index (χ0v) is 16.6. The van der Waals surface area contributed by atoms with E-state index in [2.05, 4.69) is 0 Å². The Morgan fingerprint density at radius 1 is 0.815 bits per heavy atom. The van der Waals surface area contributed by atoms with Crippen LogP contribution < -0.4 is 0 Å². The molecule has 0 atom stereocenters. The van der Waals surface area contributed by atoms with Crippen molar-refractivity contribution >= 4 is 32.5 Å². The van der Waals surface area contributed by atoms with E-state index in [0.29, 0.717) is 16.2 Å². The van der Waals surface area contributed by atoms with E-state index >= 15 is 0 Å². The van der Waals surface area contributed by atoms with Crippen LogP contribution in [-0.2, 0) is 10.0 Å². The number of benzene rings is 3. The molecule has 3 aromatic carbocycles. The van der Waals surface area contributed by atoms with Crippen LogP contribution in [0.5, 0.6) is 0 Å². The van der Waals surface area contributed by atoms with Crippen LogP contribution in [0.4, 0.5) is 0 Å². The van der Waals surface area contributed by atoms with Crippen LogP contribution in [0.25, 0.3) is 22.2 Å². The molecule has 4 rings (SSSR count). The first-order valence-corrected chi connectivity index (χ1v) is 10.4. The molecule has 0 aliphatic heterocycles. The van der Waals surface area contributed by atoms with Crippen LogP contribution in [0, 0.1) is 13.8 Å². The molecule has 136 valence electrons. The Balaban J connectivity index is 2.09. The normalized spacial score (nSPS) is 11.8. The minimum absolute atomic E-state index is 0.268. The molecule has 4 aromatic rings. The first kappa shape index (κ1) is 17.8. The molecule has 5 heteroatoms. The van der Waals surface area contributed by atoms with Gasteiger partial charge in [0, 0.05) is 10.4 Å². The second-order valence-corrected chi connectivity index (χ2v) is 8.80. The SMILES string of the molecule is Cc1ccc(S(=O)(=O)n2c(-c3ccc(Cl)cc3)c(C)c3ccccc32)cc1. The summed E-state index contributed by atoms with van der Waals surface area (Å²) in [7, 11) is -3.77. The minimum Gasteiger partial charge on any atom is -0.233 e. The van der Waals surface area contributed by atoms with E-state index in [0.717, 1.165) is 22.1 Å². The number of nitrogens with zero attached hydrogens (tertiary/aromatic N) is 1. The summed E-state index contributed by atoms with van der Waals surface area (Å²) in [6.45, 7) is 3.89. The molecule has 0 N–H and O–H groups in total. The van der Waals surface area contributed by atoms with Crippen molar-refractivity contribution in [3.8, 4) is 11.3 Å². The molecule has 0 saturated heterocycles. The average Bonchev–Trinajstić information content (AvgIpc) is 2.96. The van der Waals surface area contributed by atoms with E-state index in [4.69, 9.17) is 11.6 Å². The van der Waals surface area contributed by atoms with Gasteiger partial charge in [-0.25, -0.2) is 12.4 Å². The van der Waals surface area contributed by atoms with E-state index in [-0.39, 0.29) is 4.90 Å². The van der Waals surface area contributed by atoms with Crippen molar-refractivity contribution in [2.75, 3.05) is 0 Å². The Kier molecular flexibility index (Phi) is 4.33. The van der Waals surface area contributed by atoms with Gasteiger partial charge in [-0.2, -0.15) is 0 Å². The van der Waals surface area contributed by atoms with Crippen LogP contribution in [0.2, 0.25) is 5.02 Å². The standard InChI is InChI=1S/C22H18ClNO2S/c1-15-7-13-19(14-8-15)27(25,26)24-21-6-4-3-5-20(21)16(2)22(24)17-9-11-18(23)12-10-17/h3-14H,1-2H3. The average molecular weight is 396 g/mol. The summed E-state index contributed by atoms with van der Waals surface area (Å²) in [5.74, 6) is 0. The van der Waals surface area contributed by atoms with E-state index in [1.54, 1.807) is 24.3 Å². The van der Waals surface area contributed by atoms with Crippen LogP contribution in [0.3, 0.4) is 0 Å². The third kappa shape index (κ3) is 2.95. The second-order valence-electron chi connectivity index (χ2n) is 6.58. The fourth-order valence-corrected chi connectivity index (χ4v) is 5.09. The molecule has 0 bridgehead atoms. The Morgan fingerprint density at radius 3 is 2.11 bits per heavy atom. The lowest BCUT2D eigenvalue weighted by atomic mass is 10.1. The maximum absolute atomic E-state index is 13.6. The number of aryl methyl sites for hydroxylation is 2. The van der Waals surface area contributed by atoms with Crippen LogP contribution in [-0.4, -0.2) is 12.4 Å². The van der Waals surface area contributed by atoms with Gasteiger partial charge in [0.15, 0.2) is 0 Å². The lowest BCUT2D eigenvalue weighted by molar-refractivity contribution is 0.589. The fraction of sp³-hybridized carbons (Fsp3) is 0.0909. The predicted octanol–water partition coefficient (Wildman–Crippen LogP) is 5.82. The number of para-hydroxylation sites is 1. The van der Waals surface area contributed by atoms with Crippen molar-refractivity contribution in [1.82, 2.24) is 3.97 Å². The van der Waals surface area contributed by atoms with Gasteiger partial charge in [0.05, 0.1) is 16.1 Å². The molecule has 27 heavy (non-hydrogen) atoms. The number of hydrogen-bond acceptors (Lipinski definition) is 2. The van der Waals surface area contributed by atoms with Crippen LogP contribution in [0.15, 0.2) is 77.7 Å². The summed E-state index contributed by atoms with van der Waals surface area (Å²) in [6, 6.07) is 21.8. The summed E-state index contributed by atoms with van der Waals surface area (Å²) in [6.07, 6.45) is 0. The van der Waals surface area contributed by atoms with Gasteiger partial charge in [-0.1, -0.05) is 59.6 Å². The van der Waals surface area contributed by atoms with E-state index in [1.165, 1.54) is 3.97 Å². The molecule has 0 spiro atoms. The van der Waals surface area contributed by atoms with E-state index < -0.39 is 10.0 Å². The highest BCUT2D eigenvalue weighted by Gasteiger charge is 2.26. The third-order valence-corrected chi connectivity index (χ3v) is 6.74. The van der Waals surface area contributed by atoms with Gasteiger partial charge >= 0.3 is 0 Å². The number of rotatable bonds is 3. The molecule has 0 fully saturated rings. The molecular weight excluding hydrogens is 378 g/mol. The van der Waals surface area contributed by atoms with Crippen molar-refractivity contribution in [2.45, 2.75) is 18.7 Å². The largest absolute Gasteiger partial charge is 0.268 e. The van der Waals surface area contributed by atoms with Crippen LogP contribution >= 0.6 is 11.6 Å². The molecule has 0 amide bonds. The Bertz CT molecular complexity index is 1240. The minimum atomic E-state index is -3.77. The van der Waals surface area contributed by atoms with Gasteiger partial charge in [0.1, 0.15) is 0 Å². The smallest absolute Gasteiger partial charge is 0.233 e. The number of aromatic nitrogens is 1. The summed E-state index contributed by atoms with van der Waals surface area (Å²) >= 11 is 6.03. The maximum atomic E-state index is 13.6. The van der Waals surface area contributed by atoms with Gasteiger partial charge < -0.3 is 0 Å². The monoisotopic (exact) mass is 395 g/mol. The van der Waals surface area contributed by atoms with Crippen molar-refractivity contribution in [3.63, 3.8) is 0 Å². The molecule has 0 aliphatic carbocycles. The van der Waals surface area contributed by atoms with Gasteiger partial charge in [-0.3, -0.25) is 0 Å². The number of halogens is 1. The van der Waals surface area contributed by atoms with Crippen molar-refractivity contribution in [1.29, 1.82) is 0 Å².